The van der Waals surface area contributed by atoms with Gasteiger partial charge in [0.15, 0.2) is 0 Å². The molecule has 0 saturated heterocycles. The molecular weight excluding hydrogens is 466 g/mol. The first-order chi connectivity index (χ1) is 9.88. The summed E-state index contributed by atoms with van der Waals surface area (Å²) in [5.41, 5.74) is -5.76. The van der Waals surface area contributed by atoms with Crippen molar-refractivity contribution >= 4 is 42.7 Å². The first-order valence-corrected chi connectivity index (χ1v) is 9.22. The summed E-state index contributed by atoms with van der Waals surface area (Å²) in [6.07, 6.45) is 0. The Labute approximate surface area is 138 Å². The Kier molecular flexibility index (Phi) is 6.19. The van der Waals surface area contributed by atoms with Crippen molar-refractivity contribution in [2.45, 2.75) is 10.4 Å². The highest BCUT2D eigenvalue weighted by Gasteiger charge is 2.46. The quantitative estimate of drug-likeness (QED) is 0.353. The lowest BCUT2D eigenvalue weighted by atomic mass is 10.4. The molecule has 126 valence electrons. The highest BCUT2D eigenvalue weighted by molar-refractivity contribution is 14.1. The predicted octanol–water partition coefficient (Wildman–Crippen LogP) is 1.65. The van der Waals surface area contributed by atoms with Crippen molar-refractivity contribution in [2.75, 3.05) is 13.2 Å². The molecule has 0 aliphatic carbocycles. The van der Waals surface area contributed by atoms with Crippen molar-refractivity contribution in [1.29, 1.82) is 0 Å². The highest BCUT2D eigenvalue weighted by Crippen LogP contribution is 2.26. The van der Waals surface area contributed by atoms with Gasteiger partial charge in [-0.05, 0) is 46.9 Å². The van der Waals surface area contributed by atoms with Crippen LogP contribution < -0.4 is 0 Å². The van der Waals surface area contributed by atoms with Crippen molar-refractivity contribution in [3.63, 3.8) is 0 Å². The third-order valence-corrected chi connectivity index (χ3v) is 5.52. The predicted molar refractivity (Wildman–Crippen MR) is 77.3 cm³/mol. The number of nitrogens with zero attached hydrogens (tertiary/aromatic N) is 1. The number of hydroxylamine groups is 1. The molecule has 0 aliphatic rings. The Hall–Kier alpha value is -0.480. The zero-order valence-corrected chi connectivity index (χ0v) is 14.2. The van der Waals surface area contributed by atoms with Gasteiger partial charge in [-0.3, -0.25) is 8.65 Å². The Morgan fingerprint density at radius 3 is 2.09 bits per heavy atom. The molecule has 0 aromatic heterocycles. The lowest BCUT2D eigenvalue weighted by Crippen LogP contribution is -2.38. The molecule has 0 amide bonds. The van der Waals surface area contributed by atoms with Gasteiger partial charge in [-0.2, -0.15) is 21.6 Å². The minimum atomic E-state index is -6.06. The van der Waals surface area contributed by atoms with Crippen molar-refractivity contribution in [3.8, 4) is 0 Å². The highest BCUT2D eigenvalue weighted by atomic mass is 127. The van der Waals surface area contributed by atoms with E-state index in [2.05, 4.69) is 4.18 Å². The van der Waals surface area contributed by atoms with Gasteiger partial charge in [0, 0.05) is 10.1 Å². The van der Waals surface area contributed by atoms with E-state index >= 15 is 0 Å². The van der Waals surface area contributed by atoms with Crippen LogP contribution >= 0.6 is 22.6 Å². The van der Waals surface area contributed by atoms with Crippen LogP contribution in [0.3, 0.4) is 0 Å². The summed E-state index contributed by atoms with van der Waals surface area (Å²) in [6.45, 7) is -2.36. The zero-order chi connectivity index (χ0) is 17.2. The molecule has 0 fully saturated rings. The third kappa shape index (κ3) is 4.76. The molecule has 0 saturated carbocycles. The normalized spacial score (nSPS) is 13.5. The van der Waals surface area contributed by atoms with Gasteiger partial charge >= 0.3 is 15.5 Å². The van der Waals surface area contributed by atoms with Gasteiger partial charge in [-0.15, -0.1) is 0 Å². The van der Waals surface area contributed by atoms with Crippen LogP contribution in [-0.4, -0.2) is 40.0 Å². The van der Waals surface area contributed by atoms with E-state index in [1.54, 1.807) is 0 Å². The minimum Gasteiger partial charge on any atom is -0.772 e. The van der Waals surface area contributed by atoms with Crippen molar-refractivity contribution in [2.24, 2.45) is 0 Å². The number of hydrogen-bond acceptors (Lipinski definition) is 6. The second kappa shape index (κ2) is 6.96. The van der Waals surface area contributed by atoms with Crippen LogP contribution in [0.5, 0.6) is 0 Å². The molecule has 7 nitrogen and oxygen atoms in total. The summed E-state index contributed by atoms with van der Waals surface area (Å²) >= 11 is 1.92. The maximum atomic E-state index is 12.1. The van der Waals surface area contributed by atoms with Gasteiger partial charge in [0.25, 0.3) is 10.1 Å². The van der Waals surface area contributed by atoms with Gasteiger partial charge in [-0.25, -0.2) is 8.42 Å². The largest absolute Gasteiger partial charge is 0.772 e. The Bertz CT molecular complexity index is 717. The molecular formula is C9H8F3INO6S2-. The lowest BCUT2D eigenvalue weighted by Gasteiger charge is -2.27. The number of hydrogen-bond donors (Lipinski definition) is 0. The van der Waals surface area contributed by atoms with E-state index in [0.29, 0.717) is 0 Å². The average Bonchev–Trinajstić information content (AvgIpc) is 2.37. The molecule has 22 heavy (non-hydrogen) atoms. The molecule has 0 N–H and O–H groups in total. The monoisotopic (exact) mass is 474 g/mol. The first-order valence-electron chi connectivity index (χ1n) is 5.29. The van der Waals surface area contributed by atoms with Gasteiger partial charge < -0.3 is 5.21 Å². The summed E-state index contributed by atoms with van der Waals surface area (Å²) < 4.78 is 84.7. The van der Waals surface area contributed by atoms with Crippen LogP contribution in [0.15, 0.2) is 29.2 Å². The maximum absolute atomic E-state index is 12.1. The van der Waals surface area contributed by atoms with Gasteiger partial charge in [0.1, 0.15) is 0 Å². The van der Waals surface area contributed by atoms with E-state index in [1.807, 2.05) is 22.6 Å². The molecule has 0 spiro atoms. The molecule has 0 atom stereocenters. The van der Waals surface area contributed by atoms with Gasteiger partial charge in [0.2, 0.25) is 0 Å². The first kappa shape index (κ1) is 19.6. The van der Waals surface area contributed by atoms with Crippen LogP contribution in [0, 0.1) is 8.78 Å². The molecule has 0 unspecified atom stereocenters. The fourth-order valence-electron chi connectivity index (χ4n) is 1.13. The smallest absolute Gasteiger partial charge is 0.510 e. The SMILES string of the molecule is O=S(=O)(OCCN([O-])S(=O)(=O)C(F)(F)F)c1ccc(I)cc1. The number of sulfonamides is 1. The van der Waals surface area contributed by atoms with Gasteiger partial charge in [-0.1, -0.05) is 0 Å². The van der Waals surface area contributed by atoms with Crippen LogP contribution in [0.25, 0.3) is 0 Å². The molecule has 0 aliphatic heterocycles. The standard InChI is InChI=1S/C9H8F3INO6S2/c10-9(11,12)22(18,19)14(15)5-6-20-21(16,17)8-3-1-7(13)2-4-8/h1-4H,5-6H2/q-1. The minimum absolute atomic E-state index is 0.274. The fourth-order valence-corrected chi connectivity index (χ4v) is 2.93. The summed E-state index contributed by atoms with van der Waals surface area (Å²) in [7, 11) is -10.4. The van der Waals surface area contributed by atoms with E-state index < -0.39 is 43.3 Å². The second-order valence-electron chi connectivity index (χ2n) is 3.71. The molecule has 0 heterocycles. The van der Waals surface area contributed by atoms with Crippen LogP contribution in [0.4, 0.5) is 13.2 Å². The number of rotatable bonds is 6. The van der Waals surface area contributed by atoms with Crippen LogP contribution in [0.2, 0.25) is 0 Å². The molecule has 1 aromatic carbocycles. The summed E-state index contributed by atoms with van der Waals surface area (Å²) in [5, 5.41) is 10.9. The summed E-state index contributed by atoms with van der Waals surface area (Å²) in [5.74, 6) is 0. The van der Waals surface area contributed by atoms with Crippen LogP contribution in [0.1, 0.15) is 0 Å². The van der Waals surface area contributed by atoms with Crippen molar-refractivity contribution in [3.05, 3.63) is 33.0 Å². The second-order valence-corrected chi connectivity index (χ2v) is 8.39. The molecule has 13 heteroatoms. The zero-order valence-electron chi connectivity index (χ0n) is 10.4. The topological polar surface area (TPSA) is 104 Å². The van der Waals surface area contributed by atoms with E-state index in [0.717, 1.165) is 3.57 Å². The van der Waals surface area contributed by atoms with Crippen LogP contribution in [-0.2, 0) is 24.3 Å². The summed E-state index contributed by atoms with van der Waals surface area (Å²) in [4.78, 5) is -0.274. The Morgan fingerprint density at radius 1 is 1.14 bits per heavy atom. The number of halogens is 4. The van der Waals surface area contributed by atoms with E-state index in [9.17, 15) is 35.2 Å². The molecule has 1 rings (SSSR count). The Balaban J connectivity index is 2.69. The number of alkyl halides is 3. The van der Waals surface area contributed by atoms with E-state index in [1.165, 1.54) is 24.3 Å². The maximum Gasteiger partial charge on any atom is 0.510 e. The van der Waals surface area contributed by atoms with Gasteiger partial charge in [0.05, 0.1) is 11.5 Å². The fraction of sp³-hybridized carbons (Fsp3) is 0.333. The Morgan fingerprint density at radius 2 is 1.64 bits per heavy atom. The molecule has 0 radical (unpaired) electrons. The van der Waals surface area contributed by atoms with E-state index in [4.69, 9.17) is 0 Å². The average molecular weight is 474 g/mol. The molecule has 0 bridgehead atoms. The lowest BCUT2D eigenvalue weighted by molar-refractivity contribution is -0.0478. The number of benzene rings is 1. The molecule has 1 aromatic rings. The summed E-state index contributed by atoms with van der Waals surface area (Å²) in [6, 6.07) is 5.28. The van der Waals surface area contributed by atoms with E-state index in [-0.39, 0.29) is 4.90 Å². The third-order valence-electron chi connectivity index (χ3n) is 2.18. The van der Waals surface area contributed by atoms with Crippen molar-refractivity contribution < 1.29 is 34.2 Å². The van der Waals surface area contributed by atoms with Crippen molar-refractivity contribution in [1.82, 2.24) is 4.47 Å².